The van der Waals surface area contributed by atoms with Crippen LogP contribution in [0.1, 0.15) is 50.7 Å². The van der Waals surface area contributed by atoms with Crippen LogP contribution >= 0.6 is 0 Å². The Bertz CT molecular complexity index is 2210. The molecule has 1 N–H and O–H groups in total. The molecule has 2 aliphatic rings. The smallest absolute Gasteiger partial charge is 0.340 e. The number of nitrogens with zero attached hydrogens (tertiary/aromatic N) is 2. The van der Waals surface area contributed by atoms with Gasteiger partial charge in [0.2, 0.25) is 0 Å². The molecule has 6 nitrogen and oxygen atoms in total. The van der Waals surface area contributed by atoms with Crippen LogP contribution in [0.3, 0.4) is 0 Å². The van der Waals surface area contributed by atoms with Crippen molar-refractivity contribution in [3.63, 3.8) is 0 Å². The molecule has 6 heteroatoms. The Balaban J connectivity index is 1.37. The third kappa shape index (κ3) is 4.99. The number of benzene rings is 6. The number of hydrogen-bond acceptors (Lipinski definition) is 6. The van der Waals surface area contributed by atoms with Crippen molar-refractivity contribution in [2.75, 3.05) is 21.9 Å². The summed E-state index contributed by atoms with van der Waals surface area (Å²) in [5.41, 5.74) is 13.7. The van der Waals surface area contributed by atoms with Gasteiger partial charge < -0.3 is 14.4 Å². The zero-order valence-corrected chi connectivity index (χ0v) is 28.0. The lowest BCUT2D eigenvalue weighted by molar-refractivity contribution is 0.0226. The predicted octanol–water partition coefficient (Wildman–Crippen LogP) is 10.5. The van der Waals surface area contributed by atoms with E-state index in [1.165, 1.54) is 11.1 Å². The molecule has 0 radical (unpaired) electrons. The number of para-hydroxylation sites is 1. The lowest BCUT2D eigenvalue weighted by Gasteiger charge is -2.40. The number of aryl methyl sites for hydroxylation is 3. The van der Waals surface area contributed by atoms with Crippen LogP contribution in [0.15, 0.2) is 133 Å². The number of hydrazine groups is 1. The Morgan fingerprint density at radius 1 is 0.653 bits per heavy atom. The molecule has 2 aliphatic heterocycles. The molecule has 49 heavy (non-hydrogen) atoms. The van der Waals surface area contributed by atoms with E-state index in [0.717, 1.165) is 57.2 Å². The summed E-state index contributed by atoms with van der Waals surface area (Å²) in [6, 6.07) is 45.0. The first-order valence-electron chi connectivity index (χ1n) is 16.7. The summed E-state index contributed by atoms with van der Waals surface area (Å²) in [5.74, 6) is 0.922. The molecule has 1 spiro atoms. The van der Waals surface area contributed by atoms with Gasteiger partial charge in [0.1, 0.15) is 11.5 Å². The molecule has 0 saturated heterocycles. The molecule has 0 fully saturated rings. The molecule has 0 bridgehead atoms. The normalized spacial score (nSPS) is 15.5. The van der Waals surface area contributed by atoms with Gasteiger partial charge in [-0.2, -0.15) is 0 Å². The van der Waals surface area contributed by atoms with Crippen molar-refractivity contribution in [3.05, 3.63) is 172 Å². The number of ether oxygens (including phenoxy) is 2. The van der Waals surface area contributed by atoms with E-state index in [0.29, 0.717) is 17.1 Å². The topological polar surface area (TPSA) is 54.0 Å². The number of esters is 1. The van der Waals surface area contributed by atoms with Crippen LogP contribution in [-0.2, 0) is 10.3 Å². The molecule has 0 aliphatic carbocycles. The minimum absolute atomic E-state index is 0.360. The molecule has 0 aromatic heterocycles. The number of carbonyl (C=O) groups is 1. The van der Waals surface area contributed by atoms with E-state index in [-0.39, 0.29) is 5.97 Å². The summed E-state index contributed by atoms with van der Waals surface area (Å²) in [6.45, 7) is 9.26. The molecule has 1 unspecified atom stereocenters. The van der Waals surface area contributed by atoms with Crippen LogP contribution in [0.4, 0.5) is 28.4 Å². The van der Waals surface area contributed by atoms with E-state index in [4.69, 9.17) is 9.47 Å². The van der Waals surface area contributed by atoms with Gasteiger partial charge in [-0.3, -0.25) is 10.4 Å². The average molecular weight is 644 g/mol. The summed E-state index contributed by atoms with van der Waals surface area (Å²) in [4.78, 5) is 16.0. The van der Waals surface area contributed by atoms with Crippen molar-refractivity contribution >= 4 is 34.4 Å². The Kier molecular flexibility index (Phi) is 7.37. The van der Waals surface area contributed by atoms with Crippen molar-refractivity contribution in [3.8, 4) is 11.5 Å². The lowest BCUT2D eigenvalue weighted by atomic mass is 9.77. The van der Waals surface area contributed by atoms with E-state index in [1.807, 2.05) is 60.7 Å². The average Bonchev–Trinajstić information content (AvgIpc) is 3.42. The Morgan fingerprint density at radius 3 is 2.06 bits per heavy atom. The number of carbonyl (C=O) groups excluding carboxylic acids is 1. The molecule has 0 saturated carbocycles. The van der Waals surface area contributed by atoms with Crippen molar-refractivity contribution < 1.29 is 14.3 Å². The van der Waals surface area contributed by atoms with E-state index in [1.54, 1.807) is 0 Å². The maximum Gasteiger partial charge on any atom is 0.340 e. The van der Waals surface area contributed by atoms with Gasteiger partial charge in [0.05, 0.1) is 28.2 Å². The van der Waals surface area contributed by atoms with Crippen molar-refractivity contribution in [2.24, 2.45) is 0 Å². The maximum absolute atomic E-state index is 13.7. The SMILES string of the molecule is CCN(c1ccc(C)cc1)c1ccc(C)c(N(Nc2ccc(C)cc2)c2cccc3c2C2(OC(=O)c4ccccc42)c2ccccc2O3)c1. The Hall–Kier alpha value is -6.01. The van der Waals surface area contributed by atoms with Crippen LogP contribution in [0.25, 0.3) is 0 Å². The second-order valence-corrected chi connectivity index (χ2v) is 12.7. The van der Waals surface area contributed by atoms with Gasteiger partial charge in [-0.25, -0.2) is 4.79 Å². The minimum atomic E-state index is -1.23. The second-order valence-electron chi connectivity index (χ2n) is 12.7. The number of nitrogens with one attached hydrogen (secondary N) is 1. The highest BCUT2D eigenvalue weighted by molar-refractivity contribution is 5.98. The van der Waals surface area contributed by atoms with E-state index >= 15 is 0 Å². The minimum Gasteiger partial charge on any atom is -0.456 e. The summed E-state index contributed by atoms with van der Waals surface area (Å²) < 4.78 is 13.2. The zero-order valence-electron chi connectivity index (χ0n) is 28.0. The largest absolute Gasteiger partial charge is 0.456 e. The fourth-order valence-electron chi connectivity index (χ4n) is 7.10. The van der Waals surface area contributed by atoms with E-state index in [2.05, 4.69) is 116 Å². The van der Waals surface area contributed by atoms with Gasteiger partial charge in [-0.1, -0.05) is 83.9 Å². The molecule has 1 atom stereocenters. The standard InChI is InChI=1S/C43H37N3O3/c1-5-45(32-24-19-29(3)20-25-32)33-26-21-30(4)38(27-33)46(44-31-22-17-28(2)18-23-31)37-14-10-16-40-41(37)43(36-13-8-9-15-39(36)48-40)35-12-7-6-11-34(35)42(47)49-43/h6-27,44H,5H2,1-4H3. The first-order valence-corrected chi connectivity index (χ1v) is 16.7. The van der Waals surface area contributed by atoms with Gasteiger partial charge in [-0.05, 0) is 93.9 Å². The molecule has 6 aromatic carbocycles. The summed E-state index contributed by atoms with van der Waals surface area (Å²) in [5, 5.41) is 2.11. The van der Waals surface area contributed by atoms with Crippen LogP contribution in [-0.4, -0.2) is 12.5 Å². The van der Waals surface area contributed by atoms with Gasteiger partial charge in [0.25, 0.3) is 0 Å². The number of anilines is 5. The number of rotatable bonds is 7. The maximum atomic E-state index is 13.7. The van der Waals surface area contributed by atoms with Gasteiger partial charge in [-0.15, -0.1) is 0 Å². The Morgan fingerprint density at radius 2 is 1.31 bits per heavy atom. The summed E-state index contributed by atoms with van der Waals surface area (Å²) >= 11 is 0. The van der Waals surface area contributed by atoms with Crippen molar-refractivity contribution in [1.29, 1.82) is 0 Å². The van der Waals surface area contributed by atoms with Crippen LogP contribution < -0.4 is 20.1 Å². The zero-order chi connectivity index (χ0) is 33.7. The molecule has 2 heterocycles. The third-order valence-corrected chi connectivity index (χ3v) is 9.56. The number of hydrogen-bond donors (Lipinski definition) is 1. The van der Waals surface area contributed by atoms with Crippen molar-refractivity contribution in [2.45, 2.75) is 33.3 Å². The fourth-order valence-corrected chi connectivity index (χ4v) is 7.10. The van der Waals surface area contributed by atoms with Crippen LogP contribution in [0.5, 0.6) is 11.5 Å². The lowest BCUT2D eigenvalue weighted by Crippen LogP contribution is -2.36. The van der Waals surface area contributed by atoms with Gasteiger partial charge in [0, 0.05) is 29.0 Å². The molecular weight excluding hydrogens is 606 g/mol. The van der Waals surface area contributed by atoms with E-state index in [9.17, 15) is 4.79 Å². The highest BCUT2D eigenvalue weighted by atomic mass is 16.6. The summed E-state index contributed by atoms with van der Waals surface area (Å²) in [6.07, 6.45) is 0. The highest BCUT2D eigenvalue weighted by Gasteiger charge is 2.55. The molecule has 242 valence electrons. The quantitative estimate of drug-likeness (QED) is 0.138. The van der Waals surface area contributed by atoms with Gasteiger partial charge in [0.15, 0.2) is 5.60 Å². The molecular formula is C43H37N3O3. The molecule has 6 aromatic rings. The monoisotopic (exact) mass is 643 g/mol. The van der Waals surface area contributed by atoms with Crippen LogP contribution in [0.2, 0.25) is 0 Å². The first kappa shape index (κ1) is 30.3. The third-order valence-electron chi connectivity index (χ3n) is 9.56. The molecule has 8 rings (SSSR count). The summed E-state index contributed by atoms with van der Waals surface area (Å²) in [7, 11) is 0. The highest BCUT2D eigenvalue weighted by Crippen LogP contribution is 2.59. The predicted molar refractivity (Wildman–Crippen MR) is 197 cm³/mol. The van der Waals surface area contributed by atoms with Gasteiger partial charge >= 0.3 is 5.97 Å². The number of fused-ring (bicyclic) bond motifs is 6. The van der Waals surface area contributed by atoms with Crippen LogP contribution in [0, 0.1) is 20.8 Å². The van der Waals surface area contributed by atoms with E-state index < -0.39 is 5.60 Å². The first-order chi connectivity index (χ1) is 23.9. The Labute approximate surface area is 287 Å². The van der Waals surface area contributed by atoms with Crippen molar-refractivity contribution in [1.82, 2.24) is 0 Å². The fraction of sp³-hybridized carbons (Fsp3) is 0.140. The second kappa shape index (κ2) is 11.9. The molecule has 0 amide bonds.